The molecule has 1 aliphatic rings. The fourth-order valence-electron chi connectivity index (χ4n) is 2.68. The van der Waals surface area contributed by atoms with Gasteiger partial charge in [0.2, 0.25) is 0 Å². The summed E-state index contributed by atoms with van der Waals surface area (Å²) in [6.07, 6.45) is 2.32. The Morgan fingerprint density at radius 3 is 2.82 bits per heavy atom. The molecule has 1 unspecified atom stereocenters. The second-order valence-corrected chi connectivity index (χ2v) is 6.34. The van der Waals surface area contributed by atoms with E-state index in [9.17, 15) is 9.59 Å². The van der Waals surface area contributed by atoms with Crippen molar-refractivity contribution in [1.82, 2.24) is 5.32 Å². The van der Waals surface area contributed by atoms with Crippen molar-refractivity contribution in [2.24, 2.45) is 5.41 Å². The molecule has 1 saturated heterocycles. The molecule has 0 bridgehead atoms. The van der Waals surface area contributed by atoms with Gasteiger partial charge in [-0.2, -0.15) is 0 Å². The van der Waals surface area contributed by atoms with Gasteiger partial charge in [-0.15, -0.1) is 0 Å². The van der Waals surface area contributed by atoms with Gasteiger partial charge in [-0.25, -0.2) is 4.79 Å². The smallest absolute Gasteiger partial charge is 0.329 e. The first kappa shape index (κ1) is 14.6. The molecule has 1 aromatic carbocycles. The Morgan fingerprint density at radius 1 is 1.41 bits per heavy atom. The van der Waals surface area contributed by atoms with Crippen LogP contribution >= 0.6 is 0 Å². The molecule has 22 heavy (non-hydrogen) atoms. The normalized spacial score (nSPS) is 20.1. The molecule has 2 heterocycles. The topological polar surface area (TPSA) is 68.5 Å². The zero-order chi connectivity index (χ0) is 15.9. The van der Waals surface area contributed by atoms with Crippen LogP contribution in [-0.2, 0) is 16.0 Å². The maximum atomic E-state index is 12.5. The number of furan rings is 1. The monoisotopic (exact) mass is 301 g/mol. The molecule has 0 aliphatic carbocycles. The largest absolute Gasteiger partial charge is 0.463 e. The number of cyclic esters (lactones) is 1. The van der Waals surface area contributed by atoms with Crippen molar-refractivity contribution in [3.8, 4) is 0 Å². The number of esters is 1. The summed E-state index contributed by atoms with van der Waals surface area (Å²) in [5.74, 6) is -0.704. The summed E-state index contributed by atoms with van der Waals surface area (Å²) in [6, 6.07) is 5.15. The van der Waals surface area contributed by atoms with Gasteiger partial charge in [0.05, 0.1) is 12.2 Å². The van der Waals surface area contributed by atoms with E-state index in [0.29, 0.717) is 17.8 Å². The van der Waals surface area contributed by atoms with Crippen molar-refractivity contribution in [1.29, 1.82) is 0 Å². The summed E-state index contributed by atoms with van der Waals surface area (Å²) in [5, 5.41) is 3.54. The van der Waals surface area contributed by atoms with E-state index in [1.165, 1.54) is 6.26 Å². The lowest BCUT2D eigenvalue weighted by Crippen LogP contribution is -2.46. The molecule has 1 aromatic heterocycles. The number of amides is 1. The lowest BCUT2D eigenvalue weighted by atomic mass is 9.87. The highest BCUT2D eigenvalue weighted by Crippen LogP contribution is 2.29. The molecule has 0 radical (unpaired) electrons. The Morgan fingerprint density at radius 2 is 2.18 bits per heavy atom. The number of carbonyl (C=O) groups excluding carboxylic acids is 2. The molecule has 1 amide bonds. The van der Waals surface area contributed by atoms with Crippen LogP contribution in [0.25, 0.3) is 11.0 Å². The Hall–Kier alpha value is -2.30. The molecular formula is C17H19NO4. The highest BCUT2D eigenvalue weighted by molar-refractivity contribution is 6.07. The predicted molar refractivity (Wildman–Crippen MR) is 81.6 cm³/mol. The van der Waals surface area contributed by atoms with Crippen LogP contribution in [0, 0.1) is 5.41 Å². The number of ether oxygens (including phenoxy) is 1. The average molecular weight is 301 g/mol. The van der Waals surface area contributed by atoms with Gasteiger partial charge < -0.3 is 14.5 Å². The second kappa shape index (κ2) is 5.16. The minimum atomic E-state index is -0.640. The van der Waals surface area contributed by atoms with Crippen LogP contribution in [0.2, 0.25) is 0 Å². The van der Waals surface area contributed by atoms with E-state index >= 15 is 0 Å². The van der Waals surface area contributed by atoms with Crippen molar-refractivity contribution in [2.45, 2.75) is 33.2 Å². The second-order valence-electron chi connectivity index (χ2n) is 6.34. The van der Waals surface area contributed by atoms with E-state index in [1.807, 2.05) is 32.0 Å². The van der Waals surface area contributed by atoms with E-state index < -0.39 is 11.5 Å². The SMILES string of the molecule is CCc1ccc2occ(C(=O)NC3C(=O)OCC3(C)C)c2c1. The number of rotatable bonds is 3. The molecule has 1 N–H and O–H groups in total. The summed E-state index contributed by atoms with van der Waals surface area (Å²) >= 11 is 0. The zero-order valence-electron chi connectivity index (χ0n) is 12.9. The Balaban J connectivity index is 1.91. The van der Waals surface area contributed by atoms with Crippen molar-refractivity contribution in [3.63, 3.8) is 0 Å². The van der Waals surface area contributed by atoms with Crippen LogP contribution in [-0.4, -0.2) is 24.5 Å². The number of carbonyl (C=O) groups is 2. The lowest BCUT2D eigenvalue weighted by molar-refractivity contribution is -0.139. The number of fused-ring (bicyclic) bond motifs is 1. The van der Waals surface area contributed by atoms with E-state index in [2.05, 4.69) is 12.2 Å². The van der Waals surface area contributed by atoms with Crippen LogP contribution in [0.1, 0.15) is 36.7 Å². The molecule has 116 valence electrons. The summed E-state index contributed by atoms with van der Waals surface area (Å²) in [6.45, 7) is 6.15. The van der Waals surface area contributed by atoms with Crippen molar-refractivity contribution < 1.29 is 18.7 Å². The number of hydrogen-bond acceptors (Lipinski definition) is 4. The molecule has 1 fully saturated rings. The molecule has 0 spiro atoms. The number of nitrogens with one attached hydrogen (secondary N) is 1. The third kappa shape index (κ3) is 2.36. The minimum Gasteiger partial charge on any atom is -0.463 e. The highest BCUT2D eigenvalue weighted by atomic mass is 16.5. The maximum absolute atomic E-state index is 12.5. The Labute approximate surface area is 128 Å². The van der Waals surface area contributed by atoms with Crippen LogP contribution < -0.4 is 5.32 Å². The van der Waals surface area contributed by atoms with Crippen molar-refractivity contribution >= 4 is 22.8 Å². The fourth-order valence-corrected chi connectivity index (χ4v) is 2.68. The number of benzene rings is 1. The molecular weight excluding hydrogens is 282 g/mol. The maximum Gasteiger partial charge on any atom is 0.329 e. The van der Waals surface area contributed by atoms with Gasteiger partial charge in [0.15, 0.2) is 0 Å². The van der Waals surface area contributed by atoms with Gasteiger partial charge in [0.1, 0.15) is 17.9 Å². The summed E-state index contributed by atoms with van der Waals surface area (Å²) in [4.78, 5) is 24.3. The van der Waals surface area contributed by atoms with Crippen LogP contribution in [0.15, 0.2) is 28.9 Å². The third-order valence-corrected chi connectivity index (χ3v) is 4.17. The lowest BCUT2D eigenvalue weighted by Gasteiger charge is -2.22. The standard InChI is InChI=1S/C17H19NO4/c1-4-10-5-6-13-11(7-10)12(8-21-13)15(19)18-14-16(20)22-9-17(14,2)3/h5-8,14H,4,9H2,1-3H3,(H,18,19). The fraction of sp³-hybridized carbons (Fsp3) is 0.412. The minimum absolute atomic E-state index is 0.308. The van der Waals surface area contributed by atoms with E-state index in [-0.39, 0.29) is 11.9 Å². The van der Waals surface area contributed by atoms with Gasteiger partial charge in [0.25, 0.3) is 5.91 Å². The predicted octanol–water partition coefficient (Wildman–Crippen LogP) is 2.68. The van der Waals surface area contributed by atoms with Crippen LogP contribution in [0.5, 0.6) is 0 Å². The molecule has 3 rings (SSSR count). The van der Waals surface area contributed by atoms with E-state index in [4.69, 9.17) is 9.15 Å². The summed E-state index contributed by atoms with van der Waals surface area (Å²) in [5.41, 5.74) is 1.82. The first-order chi connectivity index (χ1) is 10.4. The number of aryl methyl sites for hydroxylation is 1. The van der Waals surface area contributed by atoms with Gasteiger partial charge >= 0.3 is 5.97 Å². The highest BCUT2D eigenvalue weighted by Gasteiger charge is 2.44. The zero-order valence-corrected chi connectivity index (χ0v) is 12.9. The third-order valence-electron chi connectivity index (χ3n) is 4.17. The van der Waals surface area contributed by atoms with E-state index in [1.54, 1.807) is 0 Å². The Kier molecular flexibility index (Phi) is 3.43. The van der Waals surface area contributed by atoms with Crippen molar-refractivity contribution in [3.05, 3.63) is 35.6 Å². The quantitative estimate of drug-likeness (QED) is 0.885. The van der Waals surface area contributed by atoms with Gasteiger partial charge in [-0.1, -0.05) is 26.8 Å². The first-order valence-electron chi connectivity index (χ1n) is 7.40. The van der Waals surface area contributed by atoms with Gasteiger partial charge in [-0.05, 0) is 24.1 Å². The molecule has 0 saturated carbocycles. The number of hydrogen-bond donors (Lipinski definition) is 1. The molecule has 5 nitrogen and oxygen atoms in total. The van der Waals surface area contributed by atoms with Crippen LogP contribution in [0.4, 0.5) is 0 Å². The molecule has 1 aliphatic heterocycles. The van der Waals surface area contributed by atoms with Gasteiger partial charge in [-0.3, -0.25) is 4.79 Å². The summed E-state index contributed by atoms with van der Waals surface area (Å²) < 4.78 is 10.5. The summed E-state index contributed by atoms with van der Waals surface area (Å²) in [7, 11) is 0. The molecule has 5 heteroatoms. The van der Waals surface area contributed by atoms with Crippen LogP contribution in [0.3, 0.4) is 0 Å². The van der Waals surface area contributed by atoms with Crippen molar-refractivity contribution in [2.75, 3.05) is 6.61 Å². The average Bonchev–Trinajstić information content (AvgIpc) is 3.02. The molecule has 1 atom stereocenters. The molecule has 2 aromatic rings. The first-order valence-corrected chi connectivity index (χ1v) is 7.40. The van der Waals surface area contributed by atoms with Gasteiger partial charge in [0, 0.05) is 10.8 Å². The Bertz CT molecular complexity index is 744. The van der Waals surface area contributed by atoms with E-state index in [0.717, 1.165) is 17.4 Å².